The monoisotopic (exact) mass is 496 g/mol. The Kier molecular flexibility index (Phi) is 5.59. The van der Waals surface area contributed by atoms with E-state index in [0.29, 0.717) is 28.5 Å². The molecule has 0 unspecified atom stereocenters. The summed E-state index contributed by atoms with van der Waals surface area (Å²) < 4.78 is 11.1. The minimum Gasteiger partial charge on any atom is -0.454 e. The first-order chi connectivity index (χ1) is 17.9. The van der Waals surface area contributed by atoms with Crippen LogP contribution in [0.15, 0.2) is 66.7 Å². The number of hydrogen-bond acceptors (Lipinski definition) is 5. The number of rotatable bonds is 5. The van der Waals surface area contributed by atoms with Crippen molar-refractivity contribution in [2.24, 2.45) is 5.92 Å². The molecule has 2 aliphatic heterocycles. The average Bonchev–Trinajstić information content (AvgIpc) is 3.55. The molecule has 0 radical (unpaired) electrons. The summed E-state index contributed by atoms with van der Waals surface area (Å²) in [7, 11) is 1.74. The number of nitrogens with zero attached hydrogens (tertiary/aromatic N) is 2. The van der Waals surface area contributed by atoms with E-state index in [0.717, 1.165) is 16.6 Å². The average molecular weight is 497 g/mol. The molecule has 3 aromatic carbocycles. The van der Waals surface area contributed by atoms with E-state index >= 15 is 0 Å². The minimum atomic E-state index is -0.634. The number of nitrogens with one attached hydrogen (secondary N) is 2. The fourth-order valence-electron chi connectivity index (χ4n) is 5.38. The Morgan fingerprint density at radius 1 is 1.05 bits per heavy atom. The fraction of sp³-hybridized carbons (Fsp3) is 0.276. The molecule has 8 nitrogen and oxygen atoms in total. The molecule has 1 aromatic heterocycles. The van der Waals surface area contributed by atoms with Gasteiger partial charge in [0.05, 0.1) is 29.0 Å². The van der Waals surface area contributed by atoms with Crippen molar-refractivity contribution >= 4 is 22.8 Å². The second kappa shape index (κ2) is 8.96. The van der Waals surface area contributed by atoms with Crippen LogP contribution in [0.1, 0.15) is 59.2 Å². The molecule has 0 fully saturated rings. The number of fused-ring (bicyclic) bond motifs is 3. The highest BCUT2D eigenvalue weighted by molar-refractivity contribution is 6.01. The van der Waals surface area contributed by atoms with Gasteiger partial charge >= 0.3 is 0 Å². The first-order valence-corrected chi connectivity index (χ1v) is 12.4. The Morgan fingerprint density at radius 2 is 1.81 bits per heavy atom. The maximum absolute atomic E-state index is 14.2. The van der Waals surface area contributed by atoms with Gasteiger partial charge in [0.1, 0.15) is 5.82 Å². The largest absolute Gasteiger partial charge is 0.454 e. The quantitative estimate of drug-likeness (QED) is 0.417. The lowest BCUT2D eigenvalue weighted by Gasteiger charge is -2.40. The molecule has 0 saturated carbocycles. The van der Waals surface area contributed by atoms with Gasteiger partial charge in [-0.1, -0.05) is 50.2 Å². The van der Waals surface area contributed by atoms with Crippen LogP contribution in [0.3, 0.4) is 0 Å². The number of aromatic nitrogens is 2. The third kappa shape index (κ3) is 3.89. The second-order valence-corrected chi connectivity index (χ2v) is 9.91. The zero-order valence-electron chi connectivity index (χ0n) is 20.9. The Balaban J connectivity index is 1.42. The van der Waals surface area contributed by atoms with Gasteiger partial charge in [-0.05, 0) is 47.4 Å². The van der Waals surface area contributed by atoms with E-state index in [1.165, 1.54) is 0 Å². The van der Waals surface area contributed by atoms with Gasteiger partial charge < -0.3 is 24.7 Å². The van der Waals surface area contributed by atoms with Crippen molar-refractivity contribution in [2.45, 2.75) is 31.8 Å². The van der Waals surface area contributed by atoms with Gasteiger partial charge in [0, 0.05) is 12.6 Å². The zero-order chi connectivity index (χ0) is 25.7. The first-order valence-electron chi connectivity index (χ1n) is 12.4. The standard InChI is InChI=1S/C29H28N4O4/c1-16(2)25(27-30-20-10-6-7-11-21(20)31-27)32-28(34)24-18-8-4-5-9-19(18)29(35)33(3)26(24)17-12-13-22-23(14-17)37-15-36-22/h4-14,16,24-26H,15H2,1-3H3,(H,30,31)(H,32,34)/t24-,25+,26-/m1/s1. The van der Waals surface area contributed by atoms with Gasteiger partial charge in [0.15, 0.2) is 11.5 Å². The summed E-state index contributed by atoms with van der Waals surface area (Å²) in [5, 5.41) is 3.27. The third-order valence-corrected chi connectivity index (χ3v) is 7.27. The molecule has 2 amide bonds. The maximum atomic E-state index is 14.2. The Labute approximate surface area is 214 Å². The van der Waals surface area contributed by atoms with Crippen LogP contribution in [0.2, 0.25) is 0 Å². The normalized spacial score (nSPS) is 19.2. The molecule has 4 aromatic rings. The number of H-pyrrole nitrogens is 1. The molecular formula is C29H28N4O4. The Hall–Kier alpha value is -4.33. The highest BCUT2D eigenvalue weighted by atomic mass is 16.7. The summed E-state index contributed by atoms with van der Waals surface area (Å²) in [6, 6.07) is 19.9. The van der Waals surface area contributed by atoms with Crippen molar-refractivity contribution < 1.29 is 19.1 Å². The molecule has 2 N–H and O–H groups in total. The van der Waals surface area contributed by atoms with Gasteiger partial charge in [-0.15, -0.1) is 0 Å². The molecule has 3 atom stereocenters. The molecule has 3 heterocycles. The fourth-order valence-corrected chi connectivity index (χ4v) is 5.38. The lowest BCUT2D eigenvalue weighted by atomic mass is 9.79. The predicted molar refractivity (Wildman–Crippen MR) is 138 cm³/mol. The molecule has 8 heteroatoms. The predicted octanol–water partition coefficient (Wildman–Crippen LogP) is 4.72. The van der Waals surface area contributed by atoms with Crippen LogP contribution >= 0.6 is 0 Å². The van der Waals surface area contributed by atoms with Gasteiger partial charge in [0.25, 0.3) is 5.91 Å². The van der Waals surface area contributed by atoms with Crippen molar-refractivity contribution in [1.82, 2.24) is 20.2 Å². The lowest BCUT2D eigenvalue weighted by Crippen LogP contribution is -2.46. The van der Waals surface area contributed by atoms with Crippen molar-refractivity contribution in [1.29, 1.82) is 0 Å². The zero-order valence-corrected chi connectivity index (χ0v) is 20.9. The number of carbonyl (C=O) groups excluding carboxylic acids is 2. The number of benzene rings is 3. The van der Waals surface area contributed by atoms with Crippen LogP contribution in [0.25, 0.3) is 11.0 Å². The van der Waals surface area contributed by atoms with Crippen molar-refractivity contribution in [3.8, 4) is 11.5 Å². The highest BCUT2D eigenvalue weighted by Crippen LogP contribution is 2.45. The van der Waals surface area contributed by atoms with Crippen molar-refractivity contribution in [2.75, 3.05) is 13.8 Å². The molecule has 188 valence electrons. The molecule has 6 rings (SSSR count). The van der Waals surface area contributed by atoms with Gasteiger partial charge in [-0.2, -0.15) is 0 Å². The van der Waals surface area contributed by atoms with Crippen LogP contribution in [-0.2, 0) is 4.79 Å². The number of likely N-dealkylation sites (N-methyl/N-ethyl adjacent to an activating group) is 1. The second-order valence-electron chi connectivity index (χ2n) is 9.91. The summed E-state index contributed by atoms with van der Waals surface area (Å²) in [6.45, 7) is 4.26. The summed E-state index contributed by atoms with van der Waals surface area (Å²) >= 11 is 0. The lowest BCUT2D eigenvalue weighted by molar-refractivity contribution is -0.125. The van der Waals surface area contributed by atoms with Crippen LogP contribution in [0.4, 0.5) is 0 Å². The van der Waals surface area contributed by atoms with E-state index in [9.17, 15) is 9.59 Å². The minimum absolute atomic E-state index is 0.0756. The van der Waals surface area contributed by atoms with Crippen molar-refractivity contribution in [3.63, 3.8) is 0 Å². The maximum Gasteiger partial charge on any atom is 0.254 e. The van der Waals surface area contributed by atoms with Crippen molar-refractivity contribution in [3.05, 3.63) is 89.2 Å². The SMILES string of the molecule is CC(C)[C@H](NC(=O)[C@@H]1c2ccccc2C(=O)N(C)[C@@H]1c1ccc2c(c1)OCO2)c1nc2ccccc2[nH]1. The van der Waals surface area contributed by atoms with Crippen LogP contribution in [0.5, 0.6) is 11.5 Å². The highest BCUT2D eigenvalue weighted by Gasteiger charge is 2.43. The number of amides is 2. The molecular weight excluding hydrogens is 468 g/mol. The Morgan fingerprint density at radius 3 is 2.62 bits per heavy atom. The topological polar surface area (TPSA) is 96.6 Å². The van der Waals surface area contributed by atoms with Gasteiger partial charge in [-0.25, -0.2) is 4.98 Å². The Bertz CT molecular complexity index is 1480. The van der Waals surface area contributed by atoms with Crippen LogP contribution < -0.4 is 14.8 Å². The molecule has 0 spiro atoms. The van der Waals surface area contributed by atoms with Gasteiger partial charge in [-0.3, -0.25) is 9.59 Å². The smallest absolute Gasteiger partial charge is 0.254 e. The molecule has 0 saturated heterocycles. The van der Waals surface area contributed by atoms with E-state index in [1.54, 1.807) is 18.0 Å². The van der Waals surface area contributed by atoms with E-state index in [-0.39, 0.29) is 30.6 Å². The van der Waals surface area contributed by atoms with E-state index in [4.69, 9.17) is 14.5 Å². The molecule has 2 aliphatic rings. The van der Waals surface area contributed by atoms with Crippen LogP contribution in [0, 0.1) is 5.92 Å². The first kappa shape index (κ1) is 23.1. The number of imidazole rings is 1. The molecule has 37 heavy (non-hydrogen) atoms. The summed E-state index contributed by atoms with van der Waals surface area (Å²) in [4.78, 5) is 37.3. The molecule has 0 aliphatic carbocycles. The number of ether oxygens (including phenoxy) is 2. The van der Waals surface area contributed by atoms with Gasteiger partial charge in [0.2, 0.25) is 12.7 Å². The number of aromatic amines is 1. The number of carbonyl (C=O) groups is 2. The number of hydrogen-bond donors (Lipinski definition) is 2. The van der Waals surface area contributed by atoms with E-state index < -0.39 is 12.0 Å². The summed E-state index contributed by atoms with van der Waals surface area (Å²) in [6.07, 6.45) is 0. The third-order valence-electron chi connectivity index (χ3n) is 7.27. The number of para-hydroxylation sites is 2. The van der Waals surface area contributed by atoms with E-state index in [2.05, 4.69) is 24.1 Å². The summed E-state index contributed by atoms with van der Waals surface area (Å²) in [5.74, 6) is 1.11. The summed E-state index contributed by atoms with van der Waals surface area (Å²) in [5.41, 5.74) is 3.82. The van der Waals surface area contributed by atoms with E-state index in [1.807, 2.05) is 60.7 Å². The molecule has 0 bridgehead atoms. The van der Waals surface area contributed by atoms with Crippen LogP contribution in [-0.4, -0.2) is 40.5 Å².